The van der Waals surface area contributed by atoms with Gasteiger partial charge in [0, 0.05) is 10.7 Å². The van der Waals surface area contributed by atoms with Gasteiger partial charge in [-0.05, 0) is 43.7 Å². The molecule has 1 amide bonds. The van der Waals surface area contributed by atoms with Gasteiger partial charge in [0.15, 0.2) is 5.69 Å². The Hall–Kier alpha value is -2.79. The van der Waals surface area contributed by atoms with E-state index in [2.05, 4.69) is 10.5 Å². The number of amides is 1. The minimum Gasteiger partial charge on any atom is -0.489 e. The molecular weight excluding hydrogens is 340 g/mol. The van der Waals surface area contributed by atoms with Crippen LogP contribution in [0.1, 0.15) is 27.4 Å². The Morgan fingerprint density at radius 1 is 1.20 bits per heavy atom. The number of carbonyl (C=O) groups excluding carboxylic acids is 1. The monoisotopic (exact) mass is 356 g/mol. The molecule has 0 fully saturated rings. The third-order valence-electron chi connectivity index (χ3n) is 3.76. The van der Waals surface area contributed by atoms with E-state index in [0.717, 1.165) is 5.56 Å². The van der Waals surface area contributed by atoms with Gasteiger partial charge in [0.1, 0.15) is 18.1 Å². The lowest BCUT2D eigenvalue weighted by Crippen LogP contribution is -2.15. The van der Waals surface area contributed by atoms with Crippen LogP contribution in [-0.2, 0) is 6.61 Å². The molecule has 0 unspecified atom stereocenters. The maximum atomic E-state index is 12.5. The number of rotatable bonds is 5. The molecule has 0 saturated carbocycles. The Bertz CT molecular complexity index is 891. The van der Waals surface area contributed by atoms with Gasteiger partial charge in [0.05, 0.1) is 5.56 Å². The van der Waals surface area contributed by atoms with Crippen LogP contribution in [0.5, 0.6) is 5.75 Å². The van der Waals surface area contributed by atoms with Crippen molar-refractivity contribution in [1.82, 2.24) is 5.16 Å². The van der Waals surface area contributed by atoms with E-state index in [1.807, 2.05) is 43.3 Å². The smallest absolute Gasteiger partial charge is 0.278 e. The number of para-hydroxylation sites is 1. The van der Waals surface area contributed by atoms with Crippen LogP contribution in [0.3, 0.4) is 0 Å². The van der Waals surface area contributed by atoms with Crippen LogP contribution in [0.25, 0.3) is 0 Å². The van der Waals surface area contributed by atoms with Gasteiger partial charge in [-0.15, -0.1) is 0 Å². The molecule has 0 bridgehead atoms. The number of ether oxygens (including phenoxy) is 1. The summed E-state index contributed by atoms with van der Waals surface area (Å²) in [6.07, 6.45) is 0. The quantitative estimate of drug-likeness (QED) is 0.714. The Morgan fingerprint density at radius 3 is 2.68 bits per heavy atom. The zero-order valence-corrected chi connectivity index (χ0v) is 14.6. The number of carbonyl (C=O) groups is 1. The second kappa shape index (κ2) is 7.40. The predicted octanol–water partition coefficient (Wildman–Crippen LogP) is 4.78. The molecule has 0 saturated heterocycles. The molecule has 0 atom stereocenters. The van der Waals surface area contributed by atoms with Crippen LogP contribution in [0.15, 0.2) is 53.1 Å². The van der Waals surface area contributed by atoms with Crippen molar-refractivity contribution in [2.75, 3.05) is 5.32 Å². The Balaban J connectivity index is 1.75. The fourth-order valence-corrected chi connectivity index (χ4v) is 2.45. The largest absolute Gasteiger partial charge is 0.489 e. The minimum absolute atomic E-state index is 0.191. The average Bonchev–Trinajstić information content (AvgIpc) is 2.98. The number of aryl methyl sites for hydroxylation is 2. The van der Waals surface area contributed by atoms with E-state index in [0.29, 0.717) is 27.8 Å². The fourth-order valence-electron chi connectivity index (χ4n) is 2.27. The van der Waals surface area contributed by atoms with Crippen molar-refractivity contribution >= 4 is 23.2 Å². The first-order chi connectivity index (χ1) is 12.0. The first-order valence-electron chi connectivity index (χ1n) is 7.75. The van der Waals surface area contributed by atoms with E-state index in [4.69, 9.17) is 20.9 Å². The number of benzene rings is 2. The zero-order chi connectivity index (χ0) is 17.8. The maximum absolute atomic E-state index is 12.5. The van der Waals surface area contributed by atoms with Crippen LogP contribution in [-0.4, -0.2) is 11.1 Å². The van der Waals surface area contributed by atoms with Crippen molar-refractivity contribution in [3.8, 4) is 5.75 Å². The first kappa shape index (κ1) is 17.0. The summed E-state index contributed by atoms with van der Waals surface area (Å²) >= 11 is 6.09. The predicted molar refractivity (Wildman–Crippen MR) is 96.2 cm³/mol. The Labute approximate surface area is 150 Å². The summed E-state index contributed by atoms with van der Waals surface area (Å²) in [6, 6.07) is 14.7. The molecule has 2 aromatic carbocycles. The minimum atomic E-state index is -0.372. The summed E-state index contributed by atoms with van der Waals surface area (Å²) in [5.74, 6) is 0.881. The molecule has 0 aliphatic carbocycles. The van der Waals surface area contributed by atoms with Crippen molar-refractivity contribution in [2.24, 2.45) is 0 Å². The number of nitrogens with zero attached hydrogens (tertiary/aromatic N) is 1. The molecule has 0 aliphatic rings. The molecule has 3 rings (SSSR count). The average molecular weight is 357 g/mol. The van der Waals surface area contributed by atoms with E-state index in [1.54, 1.807) is 19.1 Å². The second-order valence-corrected chi connectivity index (χ2v) is 5.99. The summed E-state index contributed by atoms with van der Waals surface area (Å²) in [5, 5.41) is 7.23. The van der Waals surface area contributed by atoms with Gasteiger partial charge in [-0.1, -0.05) is 41.0 Å². The van der Waals surface area contributed by atoms with Gasteiger partial charge in [-0.2, -0.15) is 0 Å². The molecule has 3 aromatic rings. The third-order valence-corrected chi connectivity index (χ3v) is 4.16. The van der Waals surface area contributed by atoms with Gasteiger partial charge >= 0.3 is 0 Å². The molecule has 1 heterocycles. The van der Waals surface area contributed by atoms with Crippen LogP contribution in [0.2, 0.25) is 5.02 Å². The number of anilines is 1. The van der Waals surface area contributed by atoms with E-state index in [1.165, 1.54) is 0 Å². The van der Waals surface area contributed by atoms with Crippen LogP contribution >= 0.6 is 11.6 Å². The highest BCUT2D eigenvalue weighted by Crippen LogP contribution is 2.22. The molecule has 25 heavy (non-hydrogen) atoms. The number of halogens is 1. The van der Waals surface area contributed by atoms with Gasteiger partial charge in [0.25, 0.3) is 5.91 Å². The van der Waals surface area contributed by atoms with Gasteiger partial charge in [-0.3, -0.25) is 4.79 Å². The summed E-state index contributed by atoms with van der Waals surface area (Å²) in [6.45, 7) is 3.83. The third kappa shape index (κ3) is 4.00. The van der Waals surface area contributed by atoms with Crippen molar-refractivity contribution < 1.29 is 14.1 Å². The standard InChI is InChI=1S/C19H17ClN2O3/c1-12-8-9-14(10-17(12)20)21-19(23)18-16(13(2)25-22-18)11-24-15-6-4-3-5-7-15/h3-10H,11H2,1-2H3,(H,21,23). The molecule has 5 nitrogen and oxygen atoms in total. The van der Waals surface area contributed by atoms with E-state index < -0.39 is 0 Å². The summed E-state index contributed by atoms with van der Waals surface area (Å²) in [5.41, 5.74) is 2.34. The SMILES string of the molecule is Cc1ccc(NC(=O)c2noc(C)c2COc2ccccc2)cc1Cl. The summed E-state index contributed by atoms with van der Waals surface area (Å²) in [4.78, 5) is 12.5. The van der Waals surface area contributed by atoms with Crippen molar-refractivity contribution in [1.29, 1.82) is 0 Å². The Kier molecular flexibility index (Phi) is 5.05. The van der Waals surface area contributed by atoms with Crippen molar-refractivity contribution in [3.05, 3.63) is 76.1 Å². The van der Waals surface area contributed by atoms with Gasteiger partial charge in [-0.25, -0.2) is 0 Å². The summed E-state index contributed by atoms with van der Waals surface area (Å²) < 4.78 is 10.9. The molecule has 6 heteroatoms. The lowest BCUT2D eigenvalue weighted by molar-refractivity contribution is 0.101. The highest BCUT2D eigenvalue weighted by molar-refractivity contribution is 6.31. The number of aromatic nitrogens is 1. The molecule has 0 radical (unpaired) electrons. The first-order valence-corrected chi connectivity index (χ1v) is 8.13. The lowest BCUT2D eigenvalue weighted by atomic mass is 10.2. The fraction of sp³-hybridized carbons (Fsp3) is 0.158. The lowest BCUT2D eigenvalue weighted by Gasteiger charge is -2.08. The Morgan fingerprint density at radius 2 is 1.96 bits per heavy atom. The highest BCUT2D eigenvalue weighted by Gasteiger charge is 2.20. The zero-order valence-electron chi connectivity index (χ0n) is 13.9. The summed E-state index contributed by atoms with van der Waals surface area (Å²) in [7, 11) is 0. The second-order valence-electron chi connectivity index (χ2n) is 5.59. The number of nitrogens with one attached hydrogen (secondary N) is 1. The van der Waals surface area contributed by atoms with E-state index in [-0.39, 0.29) is 18.2 Å². The van der Waals surface area contributed by atoms with Crippen molar-refractivity contribution in [3.63, 3.8) is 0 Å². The maximum Gasteiger partial charge on any atom is 0.278 e. The van der Waals surface area contributed by atoms with Gasteiger partial charge < -0.3 is 14.6 Å². The van der Waals surface area contributed by atoms with Crippen LogP contribution in [0, 0.1) is 13.8 Å². The molecule has 128 valence electrons. The molecular formula is C19H17ClN2O3. The van der Waals surface area contributed by atoms with Gasteiger partial charge in [0.2, 0.25) is 0 Å². The number of hydrogen-bond acceptors (Lipinski definition) is 4. The van der Waals surface area contributed by atoms with Crippen LogP contribution < -0.4 is 10.1 Å². The topological polar surface area (TPSA) is 64.4 Å². The number of hydrogen-bond donors (Lipinski definition) is 1. The molecule has 1 N–H and O–H groups in total. The molecule has 0 aliphatic heterocycles. The van der Waals surface area contributed by atoms with Crippen molar-refractivity contribution in [2.45, 2.75) is 20.5 Å². The van der Waals surface area contributed by atoms with E-state index in [9.17, 15) is 4.79 Å². The van der Waals surface area contributed by atoms with Crippen LogP contribution in [0.4, 0.5) is 5.69 Å². The normalized spacial score (nSPS) is 10.5. The highest BCUT2D eigenvalue weighted by atomic mass is 35.5. The molecule has 1 aromatic heterocycles. The molecule has 0 spiro atoms. The van der Waals surface area contributed by atoms with E-state index >= 15 is 0 Å².